The number of imidazole rings is 1. The molecule has 0 spiro atoms. The van der Waals surface area contributed by atoms with E-state index < -0.39 is 4.92 Å². The van der Waals surface area contributed by atoms with E-state index in [1.807, 2.05) is 30.5 Å². The van der Waals surface area contributed by atoms with E-state index in [9.17, 15) is 10.1 Å². The molecule has 0 unspecified atom stereocenters. The van der Waals surface area contributed by atoms with Gasteiger partial charge in [0.25, 0.3) is 5.69 Å². The predicted molar refractivity (Wildman–Crippen MR) is 99.9 cm³/mol. The molecule has 4 rings (SSSR count). The van der Waals surface area contributed by atoms with E-state index in [4.69, 9.17) is 0 Å². The van der Waals surface area contributed by atoms with Gasteiger partial charge in [0.15, 0.2) is 0 Å². The SMILES string of the molecule is O=[N+]([O-])c1ccc(Cc2nn3cc(-c4ccc(Br)cc4)nc3s2)cc1. The average Bonchev–Trinajstić information content (AvgIpc) is 3.14. The molecular formula is C17H11BrN4O2S. The molecule has 4 aromatic rings. The molecule has 6 nitrogen and oxygen atoms in total. The normalized spacial score (nSPS) is 11.1. The van der Waals surface area contributed by atoms with Gasteiger partial charge in [0.1, 0.15) is 5.01 Å². The van der Waals surface area contributed by atoms with Crippen LogP contribution in [-0.4, -0.2) is 19.5 Å². The molecule has 25 heavy (non-hydrogen) atoms. The van der Waals surface area contributed by atoms with Gasteiger partial charge >= 0.3 is 0 Å². The highest BCUT2D eigenvalue weighted by atomic mass is 79.9. The van der Waals surface area contributed by atoms with Gasteiger partial charge < -0.3 is 0 Å². The third kappa shape index (κ3) is 3.31. The number of nitrogens with zero attached hydrogens (tertiary/aromatic N) is 4. The zero-order chi connectivity index (χ0) is 17.4. The van der Waals surface area contributed by atoms with E-state index in [-0.39, 0.29) is 5.69 Å². The molecule has 0 aliphatic heterocycles. The number of aromatic nitrogens is 3. The van der Waals surface area contributed by atoms with Gasteiger partial charge in [-0.2, -0.15) is 5.10 Å². The summed E-state index contributed by atoms with van der Waals surface area (Å²) in [4.78, 5) is 15.8. The van der Waals surface area contributed by atoms with Crippen molar-refractivity contribution in [1.82, 2.24) is 14.6 Å². The van der Waals surface area contributed by atoms with Crippen LogP contribution in [0.1, 0.15) is 10.6 Å². The molecule has 2 aromatic carbocycles. The lowest BCUT2D eigenvalue weighted by atomic mass is 10.1. The smallest absolute Gasteiger partial charge is 0.258 e. The first kappa shape index (κ1) is 15.9. The van der Waals surface area contributed by atoms with Crippen LogP contribution in [0.3, 0.4) is 0 Å². The maximum Gasteiger partial charge on any atom is 0.269 e. The molecule has 0 atom stereocenters. The minimum atomic E-state index is -0.398. The number of fused-ring (bicyclic) bond motifs is 1. The highest BCUT2D eigenvalue weighted by molar-refractivity contribution is 9.10. The van der Waals surface area contributed by atoms with Crippen molar-refractivity contribution in [1.29, 1.82) is 0 Å². The Bertz CT molecular complexity index is 1020. The van der Waals surface area contributed by atoms with Crippen molar-refractivity contribution >= 4 is 37.9 Å². The Labute approximate surface area is 155 Å². The second-order valence-corrected chi connectivity index (χ2v) is 7.41. The van der Waals surface area contributed by atoms with Crippen LogP contribution in [-0.2, 0) is 6.42 Å². The lowest BCUT2D eigenvalue weighted by Crippen LogP contribution is -1.91. The van der Waals surface area contributed by atoms with E-state index in [0.29, 0.717) is 6.42 Å². The third-order valence-electron chi connectivity index (χ3n) is 3.73. The van der Waals surface area contributed by atoms with Crippen LogP contribution in [0, 0.1) is 10.1 Å². The lowest BCUT2D eigenvalue weighted by Gasteiger charge is -1.97. The van der Waals surface area contributed by atoms with Gasteiger partial charge in [-0.3, -0.25) is 10.1 Å². The van der Waals surface area contributed by atoms with Crippen LogP contribution in [0.25, 0.3) is 16.2 Å². The van der Waals surface area contributed by atoms with Crippen LogP contribution in [0.5, 0.6) is 0 Å². The molecule has 0 bridgehead atoms. The van der Waals surface area contributed by atoms with E-state index >= 15 is 0 Å². The molecule has 0 fully saturated rings. The first-order valence-corrected chi connectivity index (χ1v) is 9.04. The van der Waals surface area contributed by atoms with Crippen LogP contribution in [0.2, 0.25) is 0 Å². The largest absolute Gasteiger partial charge is 0.269 e. The van der Waals surface area contributed by atoms with Crippen LogP contribution in [0.15, 0.2) is 59.2 Å². The first-order valence-electron chi connectivity index (χ1n) is 7.43. The minimum absolute atomic E-state index is 0.0943. The molecule has 2 heterocycles. The van der Waals surface area contributed by atoms with Gasteiger partial charge in [0, 0.05) is 28.6 Å². The Kier molecular flexibility index (Phi) is 4.06. The van der Waals surface area contributed by atoms with Crippen LogP contribution < -0.4 is 0 Å². The topological polar surface area (TPSA) is 73.3 Å². The molecule has 0 saturated carbocycles. The molecule has 0 aliphatic carbocycles. The molecule has 0 amide bonds. The Morgan fingerprint density at radius 3 is 2.48 bits per heavy atom. The molecule has 0 saturated heterocycles. The molecular weight excluding hydrogens is 404 g/mol. The van der Waals surface area contributed by atoms with Crippen molar-refractivity contribution in [3.05, 3.63) is 79.9 Å². The van der Waals surface area contributed by atoms with E-state index in [1.165, 1.54) is 23.5 Å². The maximum atomic E-state index is 10.7. The highest BCUT2D eigenvalue weighted by Gasteiger charge is 2.11. The Balaban J connectivity index is 1.56. The maximum absolute atomic E-state index is 10.7. The second-order valence-electron chi connectivity index (χ2n) is 5.46. The van der Waals surface area contributed by atoms with Gasteiger partial charge in [-0.25, -0.2) is 9.50 Å². The Morgan fingerprint density at radius 2 is 1.84 bits per heavy atom. The number of nitro groups is 1. The summed E-state index contributed by atoms with van der Waals surface area (Å²) in [6, 6.07) is 14.5. The average molecular weight is 415 g/mol. The standard InChI is InChI=1S/C17H11BrN4O2S/c18-13-5-3-12(4-6-13)15-10-21-17(19-15)25-16(20-21)9-11-1-7-14(8-2-11)22(23)24/h1-8,10H,9H2. The van der Waals surface area contributed by atoms with Crippen molar-refractivity contribution in [3.63, 3.8) is 0 Å². The van der Waals surface area contributed by atoms with Crippen molar-refractivity contribution in [2.45, 2.75) is 6.42 Å². The fraction of sp³-hybridized carbons (Fsp3) is 0.0588. The zero-order valence-corrected chi connectivity index (χ0v) is 15.2. The second kappa shape index (κ2) is 6.38. The molecule has 0 radical (unpaired) electrons. The van der Waals surface area contributed by atoms with Gasteiger partial charge in [-0.1, -0.05) is 51.5 Å². The number of nitro benzene ring substituents is 1. The number of halogens is 1. The van der Waals surface area contributed by atoms with Gasteiger partial charge in [0.05, 0.1) is 16.8 Å². The van der Waals surface area contributed by atoms with Crippen LogP contribution in [0.4, 0.5) is 5.69 Å². The van der Waals surface area contributed by atoms with Crippen molar-refractivity contribution in [2.24, 2.45) is 0 Å². The zero-order valence-electron chi connectivity index (χ0n) is 12.8. The molecule has 124 valence electrons. The summed E-state index contributed by atoms with van der Waals surface area (Å²) >= 11 is 4.94. The quantitative estimate of drug-likeness (QED) is 0.357. The van der Waals surface area contributed by atoms with Crippen LogP contribution >= 0.6 is 27.3 Å². The number of benzene rings is 2. The predicted octanol–water partition coefficient (Wildman–Crippen LogP) is 4.72. The van der Waals surface area contributed by atoms with Crippen molar-refractivity contribution in [2.75, 3.05) is 0 Å². The first-order chi connectivity index (χ1) is 12.1. The molecule has 8 heteroatoms. The van der Waals surface area contributed by atoms with Crippen molar-refractivity contribution < 1.29 is 4.92 Å². The number of non-ortho nitro benzene ring substituents is 1. The molecule has 2 aromatic heterocycles. The van der Waals surface area contributed by atoms with Gasteiger partial charge in [0.2, 0.25) is 4.96 Å². The number of hydrogen-bond donors (Lipinski definition) is 0. The monoisotopic (exact) mass is 414 g/mol. The van der Waals surface area contributed by atoms with E-state index in [0.717, 1.165) is 31.3 Å². The summed E-state index contributed by atoms with van der Waals surface area (Å²) in [6.45, 7) is 0. The van der Waals surface area contributed by atoms with E-state index in [1.54, 1.807) is 16.6 Å². The summed E-state index contributed by atoms with van der Waals surface area (Å²) in [7, 11) is 0. The molecule has 0 aliphatic rings. The third-order valence-corrected chi connectivity index (χ3v) is 5.18. The van der Waals surface area contributed by atoms with Crippen molar-refractivity contribution in [3.8, 4) is 11.3 Å². The Hall–Kier alpha value is -2.58. The summed E-state index contributed by atoms with van der Waals surface area (Å²) in [5, 5.41) is 16.2. The fourth-order valence-electron chi connectivity index (χ4n) is 2.48. The van der Waals surface area contributed by atoms with E-state index in [2.05, 4.69) is 26.0 Å². The number of rotatable bonds is 4. The summed E-state index contributed by atoms with van der Waals surface area (Å²) < 4.78 is 2.81. The minimum Gasteiger partial charge on any atom is -0.258 e. The highest BCUT2D eigenvalue weighted by Crippen LogP contribution is 2.25. The lowest BCUT2D eigenvalue weighted by molar-refractivity contribution is -0.384. The Morgan fingerprint density at radius 1 is 1.12 bits per heavy atom. The summed E-state index contributed by atoms with van der Waals surface area (Å²) in [5.74, 6) is 0. The summed E-state index contributed by atoms with van der Waals surface area (Å²) in [5.41, 5.74) is 3.00. The fourth-order valence-corrected chi connectivity index (χ4v) is 3.66. The number of hydrogen-bond acceptors (Lipinski definition) is 5. The summed E-state index contributed by atoms with van der Waals surface area (Å²) in [6.07, 6.45) is 2.54. The molecule has 0 N–H and O–H groups in total. The van der Waals surface area contributed by atoms with Gasteiger partial charge in [-0.15, -0.1) is 0 Å². The van der Waals surface area contributed by atoms with Gasteiger partial charge in [-0.05, 0) is 17.7 Å².